The van der Waals surface area contributed by atoms with Crippen molar-refractivity contribution >= 4 is 11.8 Å². The van der Waals surface area contributed by atoms with E-state index in [0.29, 0.717) is 5.25 Å². The molecule has 1 aliphatic heterocycles. The zero-order chi connectivity index (χ0) is 9.97. The summed E-state index contributed by atoms with van der Waals surface area (Å²) in [6.45, 7) is 6.20. The average Bonchev–Trinajstić information content (AvgIpc) is 2.47. The van der Waals surface area contributed by atoms with Gasteiger partial charge < -0.3 is 9.73 Å². The molecule has 0 unspecified atom stereocenters. The molecule has 3 nitrogen and oxygen atoms in total. The van der Waals surface area contributed by atoms with Gasteiger partial charge >= 0.3 is 0 Å². The SMILES string of the molecule is Cc1nc(SC2CCNCC2)oc1C. The number of nitrogens with zero attached hydrogens (tertiary/aromatic N) is 1. The van der Waals surface area contributed by atoms with Crippen molar-refractivity contribution in [2.75, 3.05) is 13.1 Å². The first-order chi connectivity index (χ1) is 6.75. The second-order valence-electron chi connectivity index (χ2n) is 3.69. The smallest absolute Gasteiger partial charge is 0.256 e. The third-order valence-electron chi connectivity index (χ3n) is 2.56. The zero-order valence-electron chi connectivity index (χ0n) is 8.67. The number of hydrogen-bond acceptors (Lipinski definition) is 4. The summed E-state index contributed by atoms with van der Waals surface area (Å²) in [5, 5.41) is 4.87. The minimum atomic E-state index is 0.675. The number of nitrogens with one attached hydrogen (secondary N) is 1. The Morgan fingerprint density at radius 2 is 2.07 bits per heavy atom. The van der Waals surface area contributed by atoms with Crippen LogP contribution in [0.25, 0.3) is 0 Å². The predicted octanol–water partition coefficient (Wildman–Crippen LogP) is 2.14. The number of oxazole rings is 1. The number of hydrogen-bond donors (Lipinski definition) is 1. The van der Waals surface area contributed by atoms with E-state index in [1.165, 1.54) is 12.8 Å². The van der Waals surface area contributed by atoms with Crippen LogP contribution in [0.4, 0.5) is 0 Å². The lowest BCUT2D eigenvalue weighted by Crippen LogP contribution is -2.29. The van der Waals surface area contributed by atoms with Crippen molar-refractivity contribution < 1.29 is 4.42 Å². The summed E-state index contributed by atoms with van der Waals surface area (Å²) in [5.74, 6) is 0.946. The van der Waals surface area contributed by atoms with Crippen molar-refractivity contribution in [1.29, 1.82) is 0 Å². The maximum absolute atomic E-state index is 5.55. The van der Waals surface area contributed by atoms with E-state index in [2.05, 4.69) is 10.3 Å². The zero-order valence-corrected chi connectivity index (χ0v) is 9.49. The summed E-state index contributed by atoms with van der Waals surface area (Å²) in [4.78, 5) is 4.38. The summed E-state index contributed by atoms with van der Waals surface area (Å²) in [6.07, 6.45) is 2.43. The number of thioether (sulfide) groups is 1. The fourth-order valence-corrected chi connectivity index (χ4v) is 2.67. The van der Waals surface area contributed by atoms with Gasteiger partial charge in [-0.15, -0.1) is 0 Å². The number of aryl methyl sites for hydroxylation is 2. The molecule has 0 saturated carbocycles. The van der Waals surface area contributed by atoms with E-state index >= 15 is 0 Å². The van der Waals surface area contributed by atoms with E-state index < -0.39 is 0 Å². The van der Waals surface area contributed by atoms with Gasteiger partial charge in [0, 0.05) is 5.25 Å². The highest BCUT2D eigenvalue weighted by molar-refractivity contribution is 7.99. The Kier molecular flexibility index (Phi) is 3.13. The molecule has 2 heterocycles. The molecule has 4 heteroatoms. The first-order valence-corrected chi connectivity index (χ1v) is 5.95. The van der Waals surface area contributed by atoms with Gasteiger partial charge in [0.2, 0.25) is 0 Å². The van der Waals surface area contributed by atoms with Gasteiger partial charge in [0.05, 0.1) is 5.69 Å². The molecule has 1 N–H and O–H groups in total. The molecule has 14 heavy (non-hydrogen) atoms. The molecule has 0 bridgehead atoms. The van der Waals surface area contributed by atoms with Gasteiger partial charge in [-0.3, -0.25) is 0 Å². The Labute approximate surface area is 88.7 Å². The molecule has 78 valence electrons. The second kappa shape index (κ2) is 4.36. The normalized spacial score (nSPS) is 18.7. The van der Waals surface area contributed by atoms with Crippen LogP contribution < -0.4 is 5.32 Å². The lowest BCUT2D eigenvalue weighted by molar-refractivity contribution is 0.427. The van der Waals surface area contributed by atoms with Crippen molar-refractivity contribution in [3.05, 3.63) is 11.5 Å². The highest BCUT2D eigenvalue weighted by Gasteiger charge is 2.17. The monoisotopic (exact) mass is 212 g/mol. The van der Waals surface area contributed by atoms with Gasteiger partial charge in [0.15, 0.2) is 0 Å². The van der Waals surface area contributed by atoms with E-state index in [9.17, 15) is 0 Å². The van der Waals surface area contributed by atoms with Gasteiger partial charge in [0.1, 0.15) is 5.76 Å². The van der Waals surface area contributed by atoms with Crippen LogP contribution in [-0.4, -0.2) is 23.3 Å². The van der Waals surface area contributed by atoms with Crippen molar-refractivity contribution in [3.63, 3.8) is 0 Å². The summed E-state index contributed by atoms with van der Waals surface area (Å²) in [6, 6.07) is 0. The minimum absolute atomic E-state index is 0.675. The molecule has 0 radical (unpaired) electrons. The first-order valence-electron chi connectivity index (χ1n) is 5.07. The lowest BCUT2D eigenvalue weighted by Gasteiger charge is -2.20. The van der Waals surface area contributed by atoms with Gasteiger partial charge in [-0.2, -0.15) is 0 Å². The maximum Gasteiger partial charge on any atom is 0.256 e. The van der Waals surface area contributed by atoms with E-state index in [0.717, 1.165) is 29.8 Å². The van der Waals surface area contributed by atoms with Crippen molar-refractivity contribution in [2.45, 2.75) is 37.2 Å². The first kappa shape index (κ1) is 10.1. The molecule has 0 amide bonds. The number of aromatic nitrogens is 1. The fourth-order valence-electron chi connectivity index (χ4n) is 1.55. The van der Waals surface area contributed by atoms with Crippen molar-refractivity contribution in [2.24, 2.45) is 0 Å². The molecule has 1 saturated heterocycles. The molecule has 1 fully saturated rings. The van der Waals surface area contributed by atoms with Gasteiger partial charge in [0.25, 0.3) is 5.22 Å². The summed E-state index contributed by atoms with van der Waals surface area (Å²) in [7, 11) is 0. The largest absolute Gasteiger partial charge is 0.437 e. The van der Waals surface area contributed by atoms with E-state index in [1.54, 1.807) is 11.8 Å². The molecular formula is C10H16N2OS. The van der Waals surface area contributed by atoms with Crippen LogP contribution in [0, 0.1) is 13.8 Å². The molecule has 1 aromatic heterocycles. The van der Waals surface area contributed by atoms with E-state index in [-0.39, 0.29) is 0 Å². The average molecular weight is 212 g/mol. The van der Waals surface area contributed by atoms with Crippen molar-refractivity contribution in [3.8, 4) is 0 Å². The molecule has 0 atom stereocenters. The fraction of sp³-hybridized carbons (Fsp3) is 0.700. The van der Waals surface area contributed by atoms with Crippen LogP contribution in [0.5, 0.6) is 0 Å². The summed E-state index contributed by atoms with van der Waals surface area (Å²) >= 11 is 1.78. The van der Waals surface area contributed by atoms with Crippen LogP contribution in [0.1, 0.15) is 24.3 Å². The molecular weight excluding hydrogens is 196 g/mol. The van der Waals surface area contributed by atoms with E-state index in [4.69, 9.17) is 4.42 Å². The Morgan fingerprint density at radius 3 is 2.64 bits per heavy atom. The van der Waals surface area contributed by atoms with Crippen LogP contribution >= 0.6 is 11.8 Å². The van der Waals surface area contributed by atoms with Crippen LogP contribution in [-0.2, 0) is 0 Å². The molecule has 0 aromatic carbocycles. The Morgan fingerprint density at radius 1 is 1.36 bits per heavy atom. The van der Waals surface area contributed by atoms with Crippen LogP contribution in [0.15, 0.2) is 9.64 Å². The molecule has 1 aromatic rings. The standard InChI is InChI=1S/C10H16N2OS/c1-7-8(2)13-10(12-7)14-9-3-5-11-6-4-9/h9,11H,3-6H2,1-2H3. The van der Waals surface area contributed by atoms with Gasteiger partial charge in [-0.1, -0.05) is 11.8 Å². The third-order valence-corrected chi connectivity index (χ3v) is 3.74. The van der Waals surface area contributed by atoms with Gasteiger partial charge in [-0.25, -0.2) is 4.98 Å². The quantitative estimate of drug-likeness (QED) is 0.815. The molecule has 0 aliphatic carbocycles. The predicted molar refractivity (Wildman–Crippen MR) is 57.7 cm³/mol. The highest BCUT2D eigenvalue weighted by Crippen LogP contribution is 2.29. The molecule has 2 rings (SSSR count). The van der Waals surface area contributed by atoms with E-state index in [1.807, 2.05) is 13.8 Å². The van der Waals surface area contributed by atoms with Crippen molar-refractivity contribution in [1.82, 2.24) is 10.3 Å². The van der Waals surface area contributed by atoms with Crippen LogP contribution in [0.3, 0.4) is 0 Å². The Bertz CT molecular complexity index is 286. The topological polar surface area (TPSA) is 38.1 Å². The molecule has 0 spiro atoms. The second-order valence-corrected chi connectivity index (χ2v) is 4.94. The number of rotatable bonds is 2. The van der Waals surface area contributed by atoms with Crippen LogP contribution in [0.2, 0.25) is 0 Å². The van der Waals surface area contributed by atoms with Gasteiger partial charge in [-0.05, 0) is 39.8 Å². The Balaban J connectivity index is 1.95. The summed E-state index contributed by atoms with van der Waals surface area (Å²) < 4.78 is 5.55. The highest BCUT2D eigenvalue weighted by atomic mass is 32.2. The minimum Gasteiger partial charge on any atom is -0.437 e. The maximum atomic E-state index is 5.55. The third kappa shape index (κ3) is 2.30. The number of piperidine rings is 1. The Hall–Kier alpha value is -0.480. The summed E-state index contributed by atoms with van der Waals surface area (Å²) in [5.41, 5.74) is 1.02. The lowest BCUT2D eigenvalue weighted by atomic mass is 10.2. The molecule has 1 aliphatic rings.